The average Bonchev–Trinajstić information content (AvgIpc) is 2.83. The fourth-order valence-corrected chi connectivity index (χ4v) is 3.07. The van der Waals surface area contributed by atoms with Gasteiger partial charge in [0.1, 0.15) is 5.75 Å². The van der Waals surface area contributed by atoms with Crippen molar-refractivity contribution in [3.05, 3.63) is 30.3 Å². The molecule has 1 aliphatic rings. The van der Waals surface area contributed by atoms with Gasteiger partial charge in [-0.05, 0) is 37.9 Å². The first-order valence-electron chi connectivity index (χ1n) is 6.38. The standard InChI is InChI=1S/C14H20BrNO/c15-12-13-6-4-9-16(13)10-5-11-17-14-7-2-1-3-8-14/h1-3,7-8,13H,4-6,9-12H2. The number of nitrogens with zero attached hydrogens (tertiary/aromatic N) is 1. The first-order valence-corrected chi connectivity index (χ1v) is 7.50. The smallest absolute Gasteiger partial charge is 0.119 e. The maximum Gasteiger partial charge on any atom is 0.119 e. The van der Waals surface area contributed by atoms with Crippen molar-refractivity contribution in [3.8, 4) is 5.75 Å². The van der Waals surface area contributed by atoms with Crippen LogP contribution in [0, 0.1) is 0 Å². The largest absolute Gasteiger partial charge is 0.494 e. The highest BCUT2D eigenvalue weighted by atomic mass is 79.9. The highest BCUT2D eigenvalue weighted by Crippen LogP contribution is 2.19. The van der Waals surface area contributed by atoms with E-state index in [1.807, 2.05) is 30.3 Å². The minimum atomic E-state index is 0.742. The second-order valence-electron chi connectivity index (χ2n) is 4.50. The Labute approximate surface area is 112 Å². The van der Waals surface area contributed by atoms with Crippen molar-refractivity contribution in [2.75, 3.05) is 25.0 Å². The molecule has 1 aromatic carbocycles. The maximum atomic E-state index is 5.70. The van der Waals surface area contributed by atoms with Crippen molar-refractivity contribution in [2.45, 2.75) is 25.3 Å². The van der Waals surface area contributed by atoms with Gasteiger partial charge in [-0.15, -0.1) is 0 Å². The number of benzene rings is 1. The molecule has 0 radical (unpaired) electrons. The summed E-state index contributed by atoms with van der Waals surface area (Å²) in [7, 11) is 0. The first kappa shape index (κ1) is 12.9. The Bertz CT molecular complexity index is 317. The highest BCUT2D eigenvalue weighted by molar-refractivity contribution is 9.09. The molecule has 0 saturated carbocycles. The van der Waals surface area contributed by atoms with Crippen LogP contribution in [0.15, 0.2) is 30.3 Å². The summed E-state index contributed by atoms with van der Waals surface area (Å²) in [6, 6.07) is 10.8. The topological polar surface area (TPSA) is 12.5 Å². The molecule has 1 aromatic rings. The van der Waals surface area contributed by atoms with Crippen LogP contribution in [0.4, 0.5) is 0 Å². The van der Waals surface area contributed by atoms with E-state index in [0.717, 1.165) is 36.7 Å². The van der Waals surface area contributed by atoms with Crippen LogP contribution in [0.3, 0.4) is 0 Å². The molecule has 0 bridgehead atoms. The predicted molar refractivity (Wildman–Crippen MR) is 74.9 cm³/mol. The normalized spacial score (nSPS) is 20.6. The van der Waals surface area contributed by atoms with E-state index in [1.54, 1.807) is 0 Å². The lowest BCUT2D eigenvalue weighted by Crippen LogP contribution is -2.32. The summed E-state index contributed by atoms with van der Waals surface area (Å²) in [6.07, 6.45) is 3.79. The molecule has 0 aromatic heterocycles. The van der Waals surface area contributed by atoms with E-state index >= 15 is 0 Å². The van der Waals surface area contributed by atoms with Crippen molar-refractivity contribution >= 4 is 15.9 Å². The quantitative estimate of drug-likeness (QED) is 0.590. The number of ether oxygens (including phenoxy) is 1. The van der Waals surface area contributed by atoms with Crippen molar-refractivity contribution in [1.29, 1.82) is 0 Å². The molecule has 1 heterocycles. The summed E-state index contributed by atoms with van der Waals surface area (Å²) in [4.78, 5) is 2.57. The Balaban J connectivity index is 1.63. The van der Waals surface area contributed by atoms with Gasteiger partial charge in [0.15, 0.2) is 0 Å². The Morgan fingerprint density at radius 3 is 2.88 bits per heavy atom. The third-order valence-corrected chi connectivity index (χ3v) is 4.03. The van der Waals surface area contributed by atoms with Crippen LogP contribution in [-0.4, -0.2) is 36.0 Å². The number of rotatable bonds is 6. The summed E-state index contributed by atoms with van der Waals surface area (Å²) in [5.41, 5.74) is 0. The zero-order chi connectivity index (χ0) is 11.9. The number of hydrogen-bond donors (Lipinski definition) is 0. The molecule has 2 nitrogen and oxygen atoms in total. The predicted octanol–water partition coefficient (Wildman–Crippen LogP) is 3.31. The van der Waals surface area contributed by atoms with E-state index < -0.39 is 0 Å². The molecule has 1 unspecified atom stereocenters. The average molecular weight is 298 g/mol. The van der Waals surface area contributed by atoms with Gasteiger partial charge < -0.3 is 4.74 Å². The van der Waals surface area contributed by atoms with Crippen LogP contribution in [0.2, 0.25) is 0 Å². The molecule has 0 N–H and O–H groups in total. The molecule has 0 spiro atoms. The van der Waals surface area contributed by atoms with Gasteiger partial charge in [-0.1, -0.05) is 34.1 Å². The summed E-state index contributed by atoms with van der Waals surface area (Å²) in [5, 5.41) is 1.10. The van der Waals surface area contributed by atoms with Crippen molar-refractivity contribution < 1.29 is 4.74 Å². The summed E-state index contributed by atoms with van der Waals surface area (Å²) in [5.74, 6) is 0.978. The van der Waals surface area contributed by atoms with Gasteiger partial charge in [0.25, 0.3) is 0 Å². The zero-order valence-electron chi connectivity index (χ0n) is 10.1. The van der Waals surface area contributed by atoms with E-state index in [-0.39, 0.29) is 0 Å². The van der Waals surface area contributed by atoms with Gasteiger partial charge in [-0.2, -0.15) is 0 Å². The number of halogens is 1. The molecule has 1 atom stereocenters. The lowest BCUT2D eigenvalue weighted by Gasteiger charge is -2.22. The highest BCUT2D eigenvalue weighted by Gasteiger charge is 2.22. The molecule has 3 heteroatoms. The minimum absolute atomic E-state index is 0.742. The molecule has 1 fully saturated rings. The summed E-state index contributed by atoms with van der Waals surface area (Å²) >= 11 is 3.59. The SMILES string of the molecule is BrCC1CCCN1CCCOc1ccccc1. The van der Waals surface area contributed by atoms with Crippen LogP contribution in [0.25, 0.3) is 0 Å². The molecule has 17 heavy (non-hydrogen) atoms. The van der Waals surface area contributed by atoms with Gasteiger partial charge in [-0.3, -0.25) is 4.90 Å². The van der Waals surface area contributed by atoms with Gasteiger partial charge >= 0.3 is 0 Å². The number of para-hydroxylation sites is 1. The van der Waals surface area contributed by atoms with Crippen LogP contribution in [0.5, 0.6) is 5.75 Å². The van der Waals surface area contributed by atoms with Gasteiger partial charge in [0, 0.05) is 17.9 Å². The lowest BCUT2D eigenvalue weighted by molar-refractivity contribution is 0.233. The summed E-state index contributed by atoms with van der Waals surface area (Å²) in [6.45, 7) is 3.22. The Hall–Kier alpha value is -0.540. The van der Waals surface area contributed by atoms with E-state index in [2.05, 4.69) is 20.8 Å². The molecule has 2 rings (SSSR count). The third-order valence-electron chi connectivity index (χ3n) is 3.28. The summed E-state index contributed by atoms with van der Waals surface area (Å²) < 4.78 is 5.70. The molecule has 0 amide bonds. The van der Waals surface area contributed by atoms with Crippen LogP contribution < -0.4 is 4.74 Å². The van der Waals surface area contributed by atoms with Gasteiger partial charge in [0.2, 0.25) is 0 Å². The number of likely N-dealkylation sites (tertiary alicyclic amines) is 1. The fourth-order valence-electron chi connectivity index (χ4n) is 2.34. The zero-order valence-corrected chi connectivity index (χ0v) is 11.7. The first-order chi connectivity index (χ1) is 8.40. The molecule has 94 valence electrons. The molecule has 0 aliphatic carbocycles. The van der Waals surface area contributed by atoms with Crippen LogP contribution in [0.1, 0.15) is 19.3 Å². The molecule has 1 saturated heterocycles. The second-order valence-corrected chi connectivity index (χ2v) is 5.15. The van der Waals surface area contributed by atoms with Gasteiger partial charge in [0.05, 0.1) is 6.61 Å². The van der Waals surface area contributed by atoms with Crippen molar-refractivity contribution in [3.63, 3.8) is 0 Å². The second kappa shape index (κ2) is 7.02. The minimum Gasteiger partial charge on any atom is -0.494 e. The molecule has 1 aliphatic heterocycles. The number of alkyl halides is 1. The van der Waals surface area contributed by atoms with Crippen molar-refractivity contribution in [2.24, 2.45) is 0 Å². The van der Waals surface area contributed by atoms with Gasteiger partial charge in [-0.25, -0.2) is 0 Å². The van der Waals surface area contributed by atoms with E-state index in [1.165, 1.54) is 19.4 Å². The van der Waals surface area contributed by atoms with E-state index in [4.69, 9.17) is 4.74 Å². The van der Waals surface area contributed by atoms with E-state index in [0.29, 0.717) is 0 Å². The van der Waals surface area contributed by atoms with Crippen LogP contribution >= 0.6 is 15.9 Å². The third kappa shape index (κ3) is 4.00. The Kier molecular flexibility index (Phi) is 5.33. The number of hydrogen-bond acceptors (Lipinski definition) is 2. The van der Waals surface area contributed by atoms with E-state index in [9.17, 15) is 0 Å². The van der Waals surface area contributed by atoms with Crippen LogP contribution in [-0.2, 0) is 0 Å². The fraction of sp³-hybridized carbons (Fsp3) is 0.571. The Morgan fingerprint density at radius 1 is 1.29 bits per heavy atom. The Morgan fingerprint density at radius 2 is 2.12 bits per heavy atom. The lowest BCUT2D eigenvalue weighted by atomic mass is 10.2. The molecular formula is C14H20BrNO. The van der Waals surface area contributed by atoms with Crippen molar-refractivity contribution in [1.82, 2.24) is 4.90 Å². The maximum absolute atomic E-state index is 5.70. The monoisotopic (exact) mass is 297 g/mol. The molecular weight excluding hydrogens is 278 g/mol.